The van der Waals surface area contributed by atoms with Gasteiger partial charge in [0.05, 0.1) is 5.56 Å². The van der Waals surface area contributed by atoms with E-state index >= 15 is 0 Å². The molecule has 0 heterocycles. The molecule has 0 bridgehead atoms. The van der Waals surface area contributed by atoms with Crippen molar-refractivity contribution in [3.63, 3.8) is 0 Å². The van der Waals surface area contributed by atoms with Crippen molar-refractivity contribution in [1.29, 1.82) is 5.26 Å². The molecule has 0 spiro atoms. The molecule has 88 valence electrons. The van der Waals surface area contributed by atoms with Gasteiger partial charge in [-0.25, -0.2) is 0 Å². The lowest BCUT2D eigenvalue weighted by molar-refractivity contribution is 0.112. The van der Waals surface area contributed by atoms with Crippen molar-refractivity contribution in [3.05, 3.63) is 58.1 Å². The maximum Gasteiger partial charge on any atom is 0.150 e. The molecule has 0 aliphatic heterocycles. The number of carbonyl (C=O) groups is 1. The van der Waals surface area contributed by atoms with E-state index in [1.165, 1.54) is 11.8 Å². The van der Waals surface area contributed by atoms with Crippen LogP contribution in [0.25, 0.3) is 0 Å². The average Bonchev–Trinajstić information content (AvgIpc) is 2.41. The zero-order valence-corrected chi connectivity index (χ0v) is 11.7. The summed E-state index contributed by atoms with van der Waals surface area (Å²) in [6, 6.07) is 15.1. The number of halogens is 1. The molecule has 0 atom stereocenters. The van der Waals surface area contributed by atoms with Crippen molar-refractivity contribution >= 4 is 34.0 Å². The summed E-state index contributed by atoms with van der Waals surface area (Å²) < 4.78 is 1.02. The lowest BCUT2D eigenvalue weighted by atomic mass is 10.1. The van der Waals surface area contributed by atoms with E-state index in [0.29, 0.717) is 11.1 Å². The maximum absolute atomic E-state index is 10.7. The van der Waals surface area contributed by atoms with E-state index in [-0.39, 0.29) is 0 Å². The van der Waals surface area contributed by atoms with E-state index < -0.39 is 0 Å². The number of aldehydes is 1. The topological polar surface area (TPSA) is 40.9 Å². The Balaban J connectivity index is 2.31. The van der Waals surface area contributed by atoms with Crippen LogP contribution in [0.1, 0.15) is 15.9 Å². The van der Waals surface area contributed by atoms with Crippen LogP contribution in [0.15, 0.2) is 56.7 Å². The summed E-state index contributed by atoms with van der Waals surface area (Å²) >= 11 is 4.88. The number of carbonyl (C=O) groups excluding carboxylic acids is 1. The van der Waals surface area contributed by atoms with E-state index in [1.54, 1.807) is 18.2 Å². The summed E-state index contributed by atoms with van der Waals surface area (Å²) in [5, 5.41) is 9.07. The van der Waals surface area contributed by atoms with E-state index in [2.05, 4.69) is 22.0 Å². The molecule has 0 fully saturated rings. The van der Waals surface area contributed by atoms with E-state index in [9.17, 15) is 4.79 Å². The number of nitriles is 1. The van der Waals surface area contributed by atoms with Crippen LogP contribution in [0.4, 0.5) is 0 Å². The van der Waals surface area contributed by atoms with Crippen LogP contribution in [0, 0.1) is 11.3 Å². The molecule has 0 unspecified atom stereocenters. The number of rotatable bonds is 3. The summed E-state index contributed by atoms with van der Waals surface area (Å²) in [7, 11) is 0. The zero-order valence-electron chi connectivity index (χ0n) is 9.26. The Labute approximate surface area is 118 Å². The van der Waals surface area contributed by atoms with Crippen LogP contribution in [0.3, 0.4) is 0 Å². The number of nitrogens with zero attached hydrogens (tertiary/aromatic N) is 1. The molecule has 2 nitrogen and oxygen atoms in total. The molecule has 2 aromatic rings. The van der Waals surface area contributed by atoms with Crippen LogP contribution in [0.5, 0.6) is 0 Å². The van der Waals surface area contributed by atoms with Gasteiger partial charge in [-0.15, -0.1) is 0 Å². The van der Waals surface area contributed by atoms with Crippen LogP contribution in [-0.4, -0.2) is 6.29 Å². The molecule has 0 radical (unpaired) electrons. The quantitative estimate of drug-likeness (QED) is 0.793. The zero-order chi connectivity index (χ0) is 13.0. The van der Waals surface area contributed by atoms with Crippen molar-refractivity contribution in [3.8, 4) is 6.07 Å². The van der Waals surface area contributed by atoms with E-state index in [0.717, 1.165) is 20.5 Å². The smallest absolute Gasteiger partial charge is 0.150 e. The molecular weight excluding hydrogens is 310 g/mol. The minimum absolute atomic E-state index is 0.520. The summed E-state index contributed by atoms with van der Waals surface area (Å²) in [5.41, 5.74) is 1.04. The van der Waals surface area contributed by atoms with Gasteiger partial charge < -0.3 is 0 Å². The molecule has 0 saturated heterocycles. The van der Waals surface area contributed by atoms with Gasteiger partial charge in [0.2, 0.25) is 0 Å². The fourth-order valence-electron chi connectivity index (χ4n) is 1.43. The Bertz CT molecular complexity index is 617. The van der Waals surface area contributed by atoms with Crippen LogP contribution >= 0.6 is 27.7 Å². The van der Waals surface area contributed by atoms with Crippen molar-refractivity contribution in [2.24, 2.45) is 0 Å². The molecule has 2 rings (SSSR count). The number of hydrogen-bond acceptors (Lipinski definition) is 3. The third-order valence-electron chi connectivity index (χ3n) is 2.30. The summed E-state index contributed by atoms with van der Waals surface area (Å²) in [4.78, 5) is 12.6. The van der Waals surface area contributed by atoms with Crippen molar-refractivity contribution in [1.82, 2.24) is 0 Å². The molecule has 18 heavy (non-hydrogen) atoms. The standard InChI is InChI=1S/C14H8BrNOS/c15-12-2-4-13(5-3-12)18-14-6-1-10(9-17)7-11(14)8-16/h1-7,9H. The number of benzene rings is 2. The highest BCUT2D eigenvalue weighted by atomic mass is 79.9. The molecule has 0 aliphatic carbocycles. The van der Waals surface area contributed by atoms with Gasteiger partial charge in [0.25, 0.3) is 0 Å². The van der Waals surface area contributed by atoms with Crippen molar-refractivity contribution < 1.29 is 4.79 Å². The van der Waals surface area contributed by atoms with Gasteiger partial charge >= 0.3 is 0 Å². The van der Waals surface area contributed by atoms with Crippen LogP contribution in [-0.2, 0) is 0 Å². The molecule has 4 heteroatoms. The van der Waals surface area contributed by atoms with E-state index in [1.807, 2.05) is 24.3 Å². The third kappa shape index (κ3) is 3.00. The highest BCUT2D eigenvalue weighted by Crippen LogP contribution is 2.31. The van der Waals surface area contributed by atoms with Crippen molar-refractivity contribution in [2.75, 3.05) is 0 Å². The first-order valence-corrected chi connectivity index (χ1v) is 6.76. The fourth-order valence-corrected chi connectivity index (χ4v) is 2.57. The normalized spacial score (nSPS) is 9.78. The van der Waals surface area contributed by atoms with Crippen LogP contribution < -0.4 is 0 Å². The minimum atomic E-state index is 0.520. The lowest BCUT2D eigenvalue weighted by Crippen LogP contribution is -1.86. The van der Waals surface area contributed by atoms with Gasteiger partial charge in [-0.05, 0) is 36.4 Å². The summed E-state index contributed by atoms with van der Waals surface area (Å²) in [5.74, 6) is 0. The SMILES string of the molecule is N#Cc1cc(C=O)ccc1Sc1ccc(Br)cc1. The molecular formula is C14H8BrNOS. The first-order valence-electron chi connectivity index (χ1n) is 5.15. The predicted octanol–water partition coefficient (Wildman–Crippen LogP) is 4.28. The second kappa shape index (κ2) is 5.85. The summed E-state index contributed by atoms with van der Waals surface area (Å²) in [6.07, 6.45) is 0.745. The summed E-state index contributed by atoms with van der Waals surface area (Å²) in [6.45, 7) is 0. The van der Waals surface area contributed by atoms with Crippen molar-refractivity contribution in [2.45, 2.75) is 9.79 Å². The van der Waals surface area contributed by atoms with Gasteiger partial charge in [-0.1, -0.05) is 33.8 Å². The fraction of sp³-hybridized carbons (Fsp3) is 0. The maximum atomic E-state index is 10.7. The third-order valence-corrected chi connectivity index (χ3v) is 3.91. The Kier molecular flexibility index (Phi) is 4.19. The first kappa shape index (κ1) is 12.9. The molecule has 0 N–H and O–H groups in total. The monoisotopic (exact) mass is 317 g/mol. The molecule has 0 aliphatic rings. The Morgan fingerprint density at radius 1 is 1.17 bits per heavy atom. The minimum Gasteiger partial charge on any atom is -0.298 e. The Morgan fingerprint density at radius 2 is 1.89 bits per heavy atom. The Morgan fingerprint density at radius 3 is 2.50 bits per heavy atom. The molecule has 0 saturated carbocycles. The second-order valence-corrected chi connectivity index (χ2v) is 5.57. The van der Waals surface area contributed by atoms with E-state index in [4.69, 9.17) is 5.26 Å². The highest BCUT2D eigenvalue weighted by Gasteiger charge is 2.05. The molecule has 0 amide bonds. The largest absolute Gasteiger partial charge is 0.298 e. The predicted molar refractivity (Wildman–Crippen MR) is 74.8 cm³/mol. The number of hydrogen-bond donors (Lipinski definition) is 0. The van der Waals surface area contributed by atoms with Gasteiger partial charge in [0.15, 0.2) is 0 Å². The van der Waals surface area contributed by atoms with Gasteiger partial charge in [0.1, 0.15) is 12.4 Å². The molecule has 0 aromatic heterocycles. The lowest BCUT2D eigenvalue weighted by Gasteiger charge is -2.04. The van der Waals surface area contributed by atoms with Gasteiger partial charge in [-0.3, -0.25) is 4.79 Å². The first-order chi connectivity index (χ1) is 8.72. The molecule has 2 aromatic carbocycles. The Hall–Kier alpha value is -1.57. The average molecular weight is 318 g/mol. The van der Waals surface area contributed by atoms with Crippen LogP contribution in [0.2, 0.25) is 0 Å². The van der Waals surface area contributed by atoms with Gasteiger partial charge in [-0.2, -0.15) is 5.26 Å². The van der Waals surface area contributed by atoms with Gasteiger partial charge in [0, 0.05) is 19.8 Å². The highest BCUT2D eigenvalue weighted by molar-refractivity contribution is 9.10. The second-order valence-electron chi connectivity index (χ2n) is 3.54.